The van der Waals surface area contributed by atoms with Crippen LogP contribution in [0.2, 0.25) is 5.02 Å². The number of carbonyl (C=O) groups is 1. The summed E-state index contributed by atoms with van der Waals surface area (Å²) in [4.78, 5) is 17.7. The van der Waals surface area contributed by atoms with E-state index in [1.54, 1.807) is 18.2 Å². The number of halogens is 1. The molecule has 1 aromatic carbocycles. The quantitative estimate of drug-likeness (QED) is 0.433. The number of esters is 1. The van der Waals surface area contributed by atoms with Crippen LogP contribution in [-0.2, 0) is 19.1 Å². The fraction of sp³-hybridized carbons (Fsp3) is 0.619. The van der Waals surface area contributed by atoms with E-state index in [1.807, 2.05) is 27.7 Å². The van der Waals surface area contributed by atoms with Crippen molar-refractivity contribution in [3.05, 3.63) is 28.8 Å². The molecule has 0 aliphatic carbocycles. The van der Waals surface area contributed by atoms with Crippen LogP contribution in [0.1, 0.15) is 59.4 Å². The van der Waals surface area contributed by atoms with E-state index in [-0.39, 0.29) is 6.10 Å². The summed E-state index contributed by atoms with van der Waals surface area (Å²) in [5, 5.41) is 4.68. The molecule has 156 valence electrons. The molecule has 1 unspecified atom stereocenters. The maximum absolute atomic E-state index is 12.5. The van der Waals surface area contributed by atoms with E-state index in [2.05, 4.69) is 12.1 Å². The first-order valence-electron chi connectivity index (χ1n) is 9.76. The second kappa shape index (κ2) is 10.1. The molecule has 0 bridgehead atoms. The first kappa shape index (κ1) is 22.5. The van der Waals surface area contributed by atoms with Crippen LogP contribution < -0.4 is 4.74 Å². The van der Waals surface area contributed by atoms with Crippen LogP contribution in [0, 0.1) is 0 Å². The number of oxime groups is 1. The smallest absolute Gasteiger partial charge is 0.347 e. The molecule has 1 aliphatic heterocycles. The predicted octanol–water partition coefficient (Wildman–Crippen LogP) is 4.76. The molecule has 0 saturated carbocycles. The maximum Gasteiger partial charge on any atom is 0.347 e. The second-order valence-electron chi connectivity index (χ2n) is 7.67. The number of unbranched alkanes of at least 4 members (excludes halogenated alkanes) is 1. The predicted molar refractivity (Wildman–Crippen MR) is 109 cm³/mol. The van der Waals surface area contributed by atoms with E-state index in [9.17, 15) is 4.79 Å². The summed E-state index contributed by atoms with van der Waals surface area (Å²) in [5.74, 6) is 0.0895. The van der Waals surface area contributed by atoms with Crippen molar-refractivity contribution in [1.29, 1.82) is 0 Å². The van der Waals surface area contributed by atoms with E-state index < -0.39 is 17.7 Å². The third-order valence-electron chi connectivity index (χ3n) is 4.04. The summed E-state index contributed by atoms with van der Waals surface area (Å²) in [7, 11) is 0. The second-order valence-corrected chi connectivity index (χ2v) is 8.11. The number of rotatable bonds is 9. The average molecular weight is 412 g/mol. The molecule has 6 nitrogen and oxygen atoms in total. The first-order chi connectivity index (χ1) is 13.2. The van der Waals surface area contributed by atoms with Gasteiger partial charge in [0.1, 0.15) is 29.8 Å². The molecule has 7 heteroatoms. The molecule has 1 aromatic rings. The summed E-state index contributed by atoms with van der Waals surface area (Å²) in [6.45, 7) is 10.4. The average Bonchev–Trinajstić information content (AvgIpc) is 3.07. The van der Waals surface area contributed by atoms with Crippen LogP contribution in [0.3, 0.4) is 0 Å². The van der Waals surface area contributed by atoms with Crippen molar-refractivity contribution in [2.45, 2.75) is 71.7 Å². The van der Waals surface area contributed by atoms with Crippen molar-refractivity contribution in [1.82, 2.24) is 0 Å². The Kier molecular flexibility index (Phi) is 8.13. The van der Waals surface area contributed by atoms with Gasteiger partial charge < -0.3 is 19.0 Å². The number of ether oxygens (including phenoxy) is 3. The highest BCUT2D eigenvalue weighted by Crippen LogP contribution is 2.29. The molecule has 2 atom stereocenters. The van der Waals surface area contributed by atoms with Crippen molar-refractivity contribution in [3.8, 4) is 5.75 Å². The molecule has 1 heterocycles. The van der Waals surface area contributed by atoms with Gasteiger partial charge >= 0.3 is 5.97 Å². The van der Waals surface area contributed by atoms with Gasteiger partial charge in [-0.25, -0.2) is 4.79 Å². The molecule has 1 aliphatic rings. The Bertz CT molecular complexity index is 699. The van der Waals surface area contributed by atoms with Gasteiger partial charge in [0.15, 0.2) is 6.10 Å². The molecule has 0 saturated heterocycles. The Balaban J connectivity index is 2.23. The lowest BCUT2D eigenvalue weighted by Gasteiger charge is -2.25. The van der Waals surface area contributed by atoms with Gasteiger partial charge in [-0.2, -0.15) is 0 Å². The molecular weight excluding hydrogens is 382 g/mol. The van der Waals surface area contributed by atoms with Crippen LogP contribution in [0.5, 0.6) is 5.75 Å². The van der Waals surface area contributed by atoms with E-state index in [1.165, 1.54) is 0 Å². The number of hydrogen-bond donors (Lipinski definition) is 0. The van der Waals surface area contributed by atoms with Crippen LogP contribution >= 0.6 is 11.6 Å². The van der Waals surface area contributed by atoms with E-state index in [0.29, 0.717) is 41.7 Å². The van der Waals surface area contributed by atoms with Gasteiger partial charge in [0.05, 0.1) is 0 Å². The standard InChI is InChI=1S/C21H30ClNO5/c1-6-8-11-25-18-13-26-23-19(18)15-12-14(22)9-10-17(15)27-16(7-2)20(24)28-21(3,4)5/h9-10,12,16,18H,6-8,11,13H2,1-5H3/t16-,18?/m0/s1. The summed E-state index contributed by atoms with van der Waals surface area (Å²) in [6.07, 6.45) is 1.44. The lowest BCUT2D eigenvalue weighted by Crippen LogP contribution is -2.35. The first-order valence-corrected chi connectivity index (χ1v) is 10.1. The Hall–Kier alpha value is -1.79. The molecule has 28 heavy (non-hydrogen) atoms. The highest BCUT2D eigenvalue weighted by atomic mass is 35.5. The zero-order valence-electron chi connectivity index (χ0n) is 17.3. The lowest BCUT2D eigenvalue weighted by atomic mass is 10.0. The highest BCUT2D eigenvalue weighted by Gasteiger charge is 2.31. The van der Waals surface area contributed by atoms with Crippen LogP contribution in [0.25, 0.3) is 0 Å². The highest BCUT2D eigenvalue weighted by molar-refractivity contribution is 6.31. The van der Waals surface area contributed by atoms with Gasteiger partial charge in [-0.15, -0.1) is 0 Å². The van der Waals surface area contributed by atoms with Crippen molar-refractivity contribution < 1.29 is 23.8 Å². The van der Waals surface area contributed by atoms with Gasteiger partial charge in [0.2, 0.25) is 0 Å². The Morgan fingerprint density at radius 1 is 1.36 bits per heavy atom. The number of nitrogens with zero attached hydrogens (tertiary/aromatic N) is 1. The minimum atomic E-state index is -0.735. The van der Waals surface area contributed by atoms with Gasteiger partial charge in [-0.3, -0.25) is 0 Å². The van der Waals surface area contributed by atoms with Gasteiger partial charge in [0.25, 0.3) is 0 Å². The topological polar surface area (TPSA) is 66.3 Å². The fourth-order valence-electron chi connectivity index (χ4n) is 2.66. The van der Waals surface area contributed by atoms with Crippen molar-refractivity contribution in [2.24, 2.45) is 5.16 Å². The monoisotopic (exact) mass is 411 g/mol. The molecule has 0 N–H and O–H groups in total. The molecule has 2 rings (SSSR count). The van der Waals surface area contributed by atoms with E-state index in [4.69, 9.17) is 30.6 Å². The zero-order valence-corrected chi connectivity index (χ0v) is 18.0. The van der Waals surface area contributed by atoms with Gasteiger partial charge in [-0.1, -0.05) is 37.0 Å². The minimum Gasteiger partial charge on any atom is -0.478 e. The molecule has 0 fully saturated rings. The zero-order chi connectivity index (χ0) is 20.7. The number of hydrogen-bond acceptors (Lipinski definition) is 6. The molecule has 0 amide bonds. The van der Waals surface area contributed by atoms with Gasteiger partial charge in [0, 0.05) is 17.2 Å². The third-order valence-corrected chi connectivity index (χ3v) is 4.27. The molecule has 0 aromatic heterocycles. The van der Waals surface area contributed by atoms with Crippen molar-refractivity contribution >= 4 is 23.3 Å². The SMILES string of the molecule is CCCCOC1CON=C1c1cc(Cl)ccc1O[C@@H](CC)C(=O)OC(C)(C)C. The summed E-state index contributed by atoms with van der Waals surface area (Å²) in [5.41, 5.74) is 0.694. The van der Waals surface area contributed by atoms with E-state index >= 15 is 0 Å². The normalized spacial score (nSPS) is 17.6. The third kappa shape index (κ3) is 6.38. The fourth-order valence-corrected chi connectivity index (χ4v) is 2.83. The minimum absolute atomic E-state index is 0.297. The molecule has 0 spiro atoms. The maximum atomic E-state index is 12.5. The van der Waals surface area contributed by atoms with Crippen molar-refractivity contribution in [2.75, 3.05) is 13.2 Å². The van der Waals surface area contributed by atoms with Crippen molar-refractivity contribution in [3.63, 3.8) is 0 Å². The Morgan fingerprint density at radius 3 is 2.75 bits per heavy atom. The lowest BCUT2D eigenvalue weighted by molar-refractivity contribution is -0.163. The van der Waals surface area contributed by atoms with Crippen LogP contribution in [-0.4, -0.2) is 42.7 Å². The Morgan fingerprint density at radius 2 is 2.11 bits per heavy atom. The molecule has 0 radical (unpaired) electrons. The molecular formula is C21H30ClNO5. The summed E-state index contributed by atoms with van der Waals surface area (Å²) >= 11 is 6.21. The summed E-state index contributed by atoms with van der Waals surface area (Å²) in [6, 6.07) is 5.20. The van der Waals surface area contributed by atoms with Gasteiger partial charge in [-0.05, 0) is 51.8 Å². The largest absolute Gasteiger partial charge is 0.478 e. The van der Waals surface area contributed by atoms with Crippen LogP contribution in [0.15, 0.2) is 23.4 Å². The number of benzene rings is 1. The van der Waals surface area contributed by atoms with E-state index in [0.717, 1.165) is 12.8 Å². The number of carbonyl (C=O) groups excluding carboxylic acids is 1. The Labute approximate surface area is 172 Å². The van der Waals surface area contributed by atoms with Crippen LogP contribution in [0.4, 0.5) is 0 Å². The summed E-state index contributed by atoms with van der Waals surface area (Å²) < 4.78 is 17.4.